The van der Waals surface area contributed by atoms with Gasteiger partial charge in [-0.15, -0.1) is 0 Å². The van der Waals surface area contributed by atoms with Gasteiger partial charge in [0.1, 0.15) is 5.75 Å². The Balaban J connectivity index is 1.66. The molecule has 1 amide bonds. The number of rotatable bonds is 9. The van der Waals surface area contributed by atoms with E-state index in [9.17, 15) is 4.79 Å². The van der Waals surface area contributed by atoms with Gasteiger partial charge in [0.15, 0.2) is 0 Å². The second-order valence-corrected chi connectivity index (χ2v) is 5.96. The second kappa shape index (κ2) is 9.53. The van der Waals surface area contributed by atoms with Gasteiger partial charge in [0, 0.05) is 32.7 Å². The van der Waals surface area contributed by atoms with Crippen LogP contribution in [-0.4, -0.2) is 50.3 Å². The maximum atomic E-state index is 12.2. The van der Waals surface area contributed by atoms with Crippen molar-refractivity contribution in [3.8, 4) is 5.75 Å². The molecule has 0 saturated carbocycles. The van der Waals surface area contributed by atoms with Gasteiger partial charge < -0.3 is 20.1 Å². The molecule has 1 atom stereocenters. The van der Waals surface area contributed by atoms with Gasteiger partial charge in [-0.3, -0.25) is 4.79 Å². The number of benzene rings is 1. The molecule has 23 heavy (non-hydrogen) atoms. The van der Waals surface area contributed by atoms with E-state index in [1.165, 1.54) is 5.56 Å². The molecule has 0 aromatic heterocycles. The molecule has 1 aliphatic rings. The normalized spacial score (nSPS) is 17.5. The summed E-state index contributed by atoms with van der Waals surface area (Å²) in [7, 11) is 1.71. The number of amides is 1. The number of carbonyl (C=O) groups is 1. The summed E-state index contributed by atoms with van der Waals surface area (Å²) < 4.78 is 10.8. The zero-order valence-corrected chi connectivity index (χ0v) is 14.0. The Bertz CT molecular complexity index is 476. The molecule has 2 N–H and O–H groups in total. The number of methoxy groups -OCH3 is 1. The first-order chi connectivity index (χ1) is 11.2. The van der Waals surface area contributed by atoms with E-state index >= 15 is 0 Å². The Morgan fingerprint density at radius 2 is 2.09 bits per heavy atom. The zero-order chi connectivity index (χ0) is 16.5. The molecule has 1 aliphatic heterocycles. The highest BCUT2D eigenvalue weighted by Gasteiger charge is 2.26. The van der Waals surface area contributed by atoms with Crippen LogP contribution in [0.5, 0.6) is 5.75 Å². The fraction of sp³-hybridized carbons (Fsp3) is 0.611. The van der Waals surface area contributed by atoms with E-state index in [4.69, 9.17) is 15.2 Å². The van der Waals surface area contributed by atoms with Gasteiger partial charge in [-0.25, -0.2) is 0 Å². The lowest BCUT2D eigenvalue weighted by Crippen LogP contribution is -2.39. The maximum absolute atomic E-state index is 12.2. The van der Waals surface area contributed by atoms with Gasteiger partial charge in [-0.2, -0.15) is 0 Å². The third kappa shape index (κ3) is 5.52. The van der Waals surface area contributed by atoms with Crippen molar-refractivity contribution in [1.29, 1.82) is 0 Å². The van der Waals surface area contributed by atoms with Crippen LogP contribution in [0.2, 0.25) is 0 Å². The van der Waals surface area contributed by atoms with Crippen LogP contribution in [-0.2, 0) is 16.0 Å². The topological polar surface area (TPSA) is 64.8 Å². The number of carbonyl (C=O) groups excluding carboxylic acids is 1. The average Bonchev–Trinajstić information content (AvgIpc) is 3.06. The molecule has 1 aromatic carbocycles. The Kier molecular flexibility index (Phi) is 7.36. The highest BCUT2D eigenvalue weighted by atomic mass is 16.5. The van der Waals surface area contributed by atoms with Crippen molar-refractivity contribution in [3.05, 3.63) is 29.8 Å². The summed E-state index contributed by atoms with van der Waals surface area (Å²) in [4.78, 5) is 14.1. The molecule has 1 unspecified atom stereocenters. The van der Waals surface area contributed by atoms with Gasteiger partial charge in [0.05, 0.1) is 13.2 Å². The lowest BCUT2D eigenvalue weighted by molar-refractivity contribution is -0.132. The molecule has 2 rings (SSSR count). The zero-order valence-electron chi connectivity index (χ0n) is 14.0. The highest BCUT2D eigenvalue weighted by Crippen LogP contribution is 2.18. The maximum Gasteiger partial charge on any atom is 0.222 e. The predicted octanol–water partition coefficient (Wildman–Crippen LogP) is 1.98. The molecular weight excluding hydrogens is 292 g/mol. The molecule has 1 aromatic rings. The lowest BCUT2D eigenvalue weighted by Gasteiger charge is -2.23. The summed E-state index contributed by atoms with van der Waals surface area (Å²) in [5.74, 6) is 1.05. The molecule has 5 heteroatoms. The van der Waals surface area contributed by atoms with E-state index < -0.39 is 0 Å². The largest absolute Gasteiger partial charge is 0.494 e. The van der Waals surface area contributed by atoms with Crippen molar-refractivity contribution in [2.45, 2.75) is 38.1 Å². The number of ether oxygens (including phenoxy) is 2. The fourth-order valence-electron chi connectivity index (χ4n) is 2.94. The molecule has 1 saturated heterocycles. The number of nitrogens with zero attached hydrogens (tertiary/aromatic N) is 1. The lowest BCUT2D eigenvalue weighted by atomic mass is 10.1. The quantitative estimate of drug-likeness (QED) is 0.707. The van der Waals surface area contributed by atoms with Crippen LogP contribution in [0.1, 0.15) is 31.2 Å². The van der Waals surface area contributed by atoms with Crippen molar-refractivity contribution in [2.75, 3.05) is 33.4 Å². The van der Waals surface area contributed by atoms with Crippen molar-refractivity contribution >= 4 is 5.91 Å². The Morgan fingerprint density at radius 1 is 1.30 bits per heavy atom. The van der Waals surface area contributed by atoms with Gasteiger partial charge in [0.25, 0.3) is 0 Å². The van der Waals surface area contributed by atoms with Crippen LogP contribution < -0.4 is 10.5 Å². The van der Waals surface area contributed by atoms with Gasteiger partial charge >= 0.3 is 0 Å². The van der Waals surface area contributed by atoms with E-state index in [1.807, 2.05) is 17.0 Å². The summed E-state index contributed by atoms with van der Waals surface area (Å²) in [5, 5.41) is 0. The van der Waals surface area contributed by atoms with Crippen LogP contribution in [0.25, 0.3) is 0 Å². The SMILES string of the molecule is COCCc1ccc(OCCCC(=O)N2CCCC2CN)cc1. The molecule has 128 valence electrons. The van der Waals surface area contributed by atoms with Crippen molar-refractivity contribution in [1.82, 2.24) is 4.90 Å². The minimum Gasteiger partial charge on any atom is -0.494 e. The highest BCUT2D eigenvalue weighted by molar-refractivity contribution is 5.76. The van der Waals surface area contributed by atoms with Crippen LogP contribution in [0.3, 0.4) is 0 Å². The Morgan fingerprint density at radius 3 is 2.78 bits per heavy atom. The van der Waals surface area contributed by atoms with Gasteiger partial charge in [0.2, 0.25) is 5.91 Å². The van der Waals surface area contributed by atoms with Crippen molar-refractivity contribution in [2.24, 2.45) is 5.73 Å². The number of likely N-dealkylation sites (tertiary alicyclic amines) is 1. The van der Waals surface area contributed by atoms with Crippen LogP contribution in [0.15, 0.2) is 24.3 Å². The molecule has 0 aliphatic carbocycles. The third-order valence-electron chi connectivity index (χ3n) is 4.29. The Labute approximate surface area is 138 Å². The minimum absolute atomic E-state index is 0.205. The standard InChI is InChI=1S/C18H28N2O3/c1-22-13-10-15-6-8-17(9-7-15)23-12-3-5-18(21)20-11-2-4-16(20)14-19/h6-9,16H,2-5,10-14,19H2,1H3. The van der Waals surface area contributed by atoms with E-state index in [0.29, 0.717) is 19.6 Å². The minimum atomic E-state index is 0.205. The van der Waals surface area contributed by atoms with Gasteiger partial charge in [-0.05, 0) is 43.4 Å². The van der Waals surface area contributed by atoms with E-state index in [0.717, 1.165) is 44.6 Å². The average molecular weight is 320 g/mol. The fourth-order valence-corrected chi connectivity index (χ4v) is 2.94. The smallest absolute Gasteiger partial charge is 0.222 e. The van der Waals surface area contributed by atoms with E-state index in [1.54, 1.807) is 7.11 Å². The third-order valence-corrected chi connectivity index (χ3v) is 4.29. The summed E-state index contributed by atoms with van der Waals surface area (Å²) in [5.41, 5.74) is 6.94. The summed E-state index contributed by atoms with van der Waals surface area (Å²) in [6, 6.07) is 8.28. The van der Waals surface area contributed by atoms with Crippen molar-refractivity contribution < 1.29 is 14.3 Å². The van der Waals surface area contributed by atoms with Gasteiger partial charge in [-0.1, -0.05) is 12.1 Å². The summed E-state index contributed by atoms with van der Waals surface area (Å²) in [6.45, 7) is 2.70. The predicted molar refractivity (Wildman–Crippen MR) is 90.5 cm³/mol. The number of hydrogen-bond donors (Lipinski definition) is 1. The summed E-state index contributed by atoms with van der Waals surface area (Å²) in [6.07, 6.45) is 4.28. The molecular formula is C18H28N2O3. The molecule has 0 bridgehead atoms. The van der Waals surface area contributed by atoms with Crippen LogP contribution >= 0.6 is 0 Å². The molecule has 1 fully saturated rings. The second-order valence-electron chi connectivity index (χ2n) is 5.96. The molecule has 1 heterocycles. The first-order valence-electron chi connectivity index (χ1n) is 8.45. The van der Waals surface area contributed by atoms with Crippen molar-refractivity contribution in [3.63, 3.8) is 0 Å². The Hall–Kier alpha value is -1.59. The monoisotopic (exact) mass is 320 g/mol. The van der Waals surface area contributed by atoms with Crippen LogP contribution in [0, 0.1) is 0 Å². The first kappa shape index (κ1) is 17.8. The molecule has 5 nitrogen and oxygen atoms in total. The number of hydrogen-bond acceptors (Lipinski definition) is 4. The van der Waals surface area contributed by atoms with Crippen LogP contribution in [0.4, 0.5) is 0 Å². The molecule has 0 radical (unpaired) electrons. The number of nitrogens with two attached hydrogens (primary N) is 1. The molecule has 0 spiro atoms. The first-order valence-corrected chi connectivity index (χ1v) is 8.45. The van der Waals surface area contributed by atoms with E-state index in [2.05, 4.69) is 12.1 Å². The van der Waals surface area contributed by atoms with E-state index in [-0.39, 0.29) is 11.9 Å². The summed E-state index contributed by atoms with van der Waals surface area (Å²) >= 11 is 0.